The molecule has 1 amide bonds. The van der Waals surface area contributed by atoms with Gasteiger partial charge in [0.2, 0.25) is 5.91 Å². The molecular formula is C21H16F3N5O2. The Bertz CT molecular complexity index is 1330. The number of aromatic nitrogens is 4. The molecule has 10 heteroatoms. The highest BCUT2D eigenvalue weighted by Gasteiger charge is 2.30. The number of benzene rings is 2. The van der Waals surface area contributed by atoms with Crippen LogP contribution in [-0.2, 0) is 17.5 Å². The Labute approximate surface area is 173 Å². The van der Waals surface area contributed by atoms with Crippen LogP contribution in [0.2, 0.25) is 0 Å². The molecule has 4 aromatic rings. The Morgan fingerprint density at radius 3 is 2.55 bits per heavy atom. The van der Waals surface area contributed by atoms with E-state index in [9.17, 15) is 22.8 Å². The summed E-state index contributed by atoms with van der Waals surface area (Å²) in [5.74, 6) is -0.682. The average molecular weight is 427 g/mol. The van der Waals surface area contributed by atoms with E-state index in [-0.39, 0.29) is 11.2 Å². The maximum absolute atomic E-state index is 13.0. The van der Waals surface area contributed by atoms with Gasteiger partial charge in [-0.25, -0.2) is 9.36 Å². The van der Waals surface area contributed by atoms with Gasteiger partial charge in [0.15, 0.2) is 0 Å². The standard InChI is InChI=1S/C21H16F3N5O2/c1-13-17-11-25-29(16-8-3-2-4-9-16)19(17)20(31)28(27-13)12-18(30)26-15-7-5-6-14(10-15)21(22,23)24/h2-11H,12H2,1H3,(H,26,30). The molecule has 2 heterocycles. The first kappa shape index (κ1) is 20.3. The number of fused-ring (bicyclic) bond motifs is 1. The van der Waals surface area contributed by atoms with Crippen molar-refractivity contribution in [2.75, 3.05) is 5.32 Å². The number of anilines is 1. The third-order valence-corrected chi connectivity index (χ3v) is 4.63. The summed E-state index contributed by atoms with van der Waals surface area (Å²) < 4.78 is 41.0. The topological polar surface area (TPSA) is 81.8 Å². The molecule has 7 nitrogen and oxygen atoms in total. The predicted molar refractivity (Wildman–Crippen MR) is 108 cm³/mol. The first-order chi connectivity index (χ1) is 14.7. The van der Waals surface area contributed by atoms with E-state index in [2.05, 4.69) is 15.5 Å². The molecule has 0 saturated heterocycles. The molecule has 0 unspecified atom stereocenters. The lowest BCUT2D eigenvalue weighted by Gasteiger charge is -2.11. The van der Waals surface area contributed by atoms with Gasteiger partial charge in [-0.05, 0) is 37.3 Å². The summed E-state index contributed by atoms with van der Waals surface area (Å²) in [5.41, 5.74) is -0.0415. The molecule has 0 saturated carbocycles. The van der Waals surface area contributed by atoms with Gasteiger partial charge in [-0.1, -0.05) is 24.3 Å². The Kier molecular flexibility index (Phi) is 5.05. The van der Waals surface area contributed by atoms with Crippen molar-refractivity contribution in [3.05, 3.63) is 82.4 Å². The summed E-state index contributed by atoms with van der Waals surface area (Å²) in [6.07, 6.45) is -3.00. The van der Waals surface area contributed by atoms with Crippen molar-refractivity contribution >= 4 is 22.5 Å². The van der Waals surface area contributed by atoms with Crippen LogP contribution in [0.3, 0.4) is 0 Å². The van der Waals surface area contributed by atoms with Crippen LogP contribution in [0.5, 0.6) is 0 Å². The number of carbonyl (C=O) groups is 1. The number of amides is 1. The van der Waals surface area contributed by atoms with Gasteiger partial charge >= 0.3 is 6.18 Å². The molecule has 0 radical (unpaired) electrons. The van der Waals surface area contributed by atoms with Crippen molar-refractivity contribution in [2.24, 2.45) is 0 Å². The quantitative estimate of drug-likeness (QED) is 0.540. The maximum Gasteiger partial charge on any atom is 0.416 e. The fourth-order valence-electron chi connectivity index (χ4n) is 3.20. The number of nitrogens with one attached hydrogen (secondary N) is 1. The Hall–Kier alpha value is -3.95. The van der Waals surface area contributed by atoms with Crippen molar-refractivity contribution in [3.8, 4) is 5.69 Å². The third-order valence-electron chi connectivity index (χ3n) is 4.63. The number of hydrogen-bond donors (Lipinski definition) is 1. The Morgan fingerprint density at radius 1 is 1.10 bits per heavy atom. The third kappa shape index (κ3) is 4.04. The molecule has 31 heavy (non-hydrogen) atoms. The maximum atomic E-state index is 13.0. The largest absolute Gasteiger partial charge is 0.416 e. The lowest BCUT2D eigenvalue weighted by Crippen LogP contribution is -2.31. The van der Waals surface area contributed by atoms with E-state index in [4.69, 9.17) is 0 Å². The smallest absolute Gasteiger partial charge is 0.324 e. The van der Waals surface area contributed by atoms with Gasteiger partial charge in [0.05, 0.1) is 23.1 Å². The van der Waals surface area contributed by atoms with Crippen LogP contribution in [0.25, 0.3) is 16.6 Å². The molecule has 0 aliphatic carbocycles. The van der Waals surface area contributed by atoms with Crippen molar-refractivity contribution in [3.63, 3.8) is 0 Å². The highest BCUT2D eigenvalue weighted by Crippen LogP contribution is 2.30. The molecule has 0 aliphatic rings. The minimum Gasteiger partial charge on any atom is -0.324 e. The first-order valence-corrected chi connectivity index (χ1v) is 9.22. The summed E-state index contributed by atoms with van der Waals surface area (Å²) in [6.45, 7) is 1.21. The van der Waals surface area contributed by atoms with E-state index in [0.29, 0.717) is 16.8 Å². The van der Waals surface area contributed by atoms with Gasteiger partial charge in [-0.15, -0.1) is 0 Å². The summed E-state index contributed by atoms with van der Waals surface area (Å²) in [7, 11) is 0. The van der Waals surface area contributed by atoms with Crippen molar-refractivity contribution in [1.82, 2.24) is 19.6 Å². The van der Waals surface area contributed by atoms with Crippen LogP contribution in [0.1, 0.15) is 11.3 Å². The molecule has 4 rings (SSSR count). The predicted octanol–water partition coefficient (Wildman–Crippen LogP) is 3.55. The van der Waals surface area contributed by atoms with E-state index >= 15 is 0 Å². The molecule has 0 spiro atoms. The van der Waals surface area contributed by atoms with Gasteiger partial charge in [0.1, 0.15) is 12.1 Å². The molecule has 0 atom stereocenters. The number of aryl methyl sites for hydroxylation is 1. The van der Waals surface area contributed by atoms with Crippen molar-refractivity contribution in [1.29, 1.82) is 0 Å². The van der Waals surface area contributed by atoms with Crippen LogP contribution >= 0.6 is 0 Å². The lowest BCUT2D eigenvalue weighted by molar-refractivity contribution is -0.137. The van der Waals surface area contributed by atoms with Gasteiger partial charge in [0.25, 0.3) is 5.56 Å². The van der Waals surface area contributed by atoms with E-state index in [1.807, 2.05) is 6.07 Å². The molecule has 0 bridgehead atoms. The van der Waals surface area contributed by atoms with Gasteiger partial charge in [0, 0.05) is 11.1 Å². The fraction of sp³-hybridized carbons (Fsp3) is 0.143. The van der Waals surface area contributed by atoms with E-state index in [1.54, 1.807) is 31.2 Å². The molecule has 0 aliphatic heterocycles. The molecular weight excluding hydrogens is 411 g/mol. The van der Waals surface area contributed by atoms with Gasteiger partial charge in [-0.3, -0.25) is 9.59 Å². The summed E-state index contributed by atoms with van der Waals surface area (Å²) in [4.78, 5) is 25.4. The summed E-state index contributed by atoms with van der Waals surface area (Å²) >= 11 is 0. The highest BCUT2D eigenvalue weighted by molar-refractivity contribution is 5.91. The van der Waals surface area contributed by atoms with Crippen LogP contribution in [0, 0.1) is 6.92 Å². The second kappa shape index (κ2) is 7.71. The molecule has 1 N–H and O–H groups in total. The zero-order valence-corrected chi connectivity index (χ0v) is 16.2. The number of rotatable bonds is 4. The van der Waals surface area contributed by atoms with E-state index in [0.717, 1.165) is 16.8 Å². The molecule has 2 aromatic heterocycles. The fourth-order valence-corrected chi connectivity index (χ4v) is 3.20. The zero-order valence-electron chi connectivity index (χ0n) is 16.2. The normalized spacial score (nSPS) is 11.6. The summed E-state index contributed by atoms with van der Waals surface area (Å²) in [5, 5.41) is 11.3. The van der Waals surface area contributed by atoms with Crippen LogP contribution in [-0.4, -0.2) is 25.5 Å². The Balaban J connectivity index is 1.65. The van der Waals surface area contributed by atoms with Crippen molar-refractivity contribution in [2.45, 2.75) is 19.6 Å². The second-order valence-electron chi connectivity index (χ2n) is 6.83. The first-order valence-electron chi connectivity index (χ1n) is 9.22. The number of nitrogens with zero attached hydrogens (tertiary/aromatic N) is 4. The van der Waals surface area contributed by atoms with Crippen LogP contribution in [0.4, 0.5) is 18.9 Å². The SMILES string of the molecule is Cc1nn(CC(=O)Nc2cccc(C(F)(F)F)c2)c(=O)c2c1cnn2-c1ccccc1. The van der Waals surface area contributed by atoms with E-state index in [1.165, 1.54) is 23.0 Å². The molecule has 2 aromatic carbocycles. The van der Waals surface area contributed by atoms with Crippen molar-refractivity contribution < 1.29 is 18.0 Å². The number of hydrogen-bond acceptors (Lipinski definition) is 4. The van der Waals surface area contributed by atoms with Crippen LogP contribution < -0.4 is 10.9 Å². The number of halogens is 3. The molecule has 158 valence electrons. The zero-order chi connectivity index (χ0) is 22.2. The lowest BCUT2D eigenvalue weighted by atomic mass is 10.2. The summed E-state index contributed by atoms with van der Waals surface area (Å²) in [6, 6.07) is 13.3. The minimum absolute atomic E-state index is 0.0278. The number of para-hydroxylation sites is 1. The molecule has 0 fully saturated rings. The number of alkyl halides is 3. The Morgan fingerprint density at radius 2 is 1.84 bits per heavy atom. The number of carbonyl (C=O) groups excluding carboxylic acids is 1. The van der Waals surface area contributed by atoms with Gasteiger partial charge in [-0.2, -0.15) is 23.4 Å². The minimum atomic E-state index is -4.53. The van der Waals surface area contributed by atoms with E-state index < -0.39 is 29.8 Å². The second-order valence-corrected chi connectivity index (χ2v) is 6.83. The van der Waals surface area contributed by atoms with Crippen LogP contribution in [0.15, 0.2) is 65.6 Å². The van der Waals surface area contributed by atoms with Gasteiger partial charge < -0.3 is 5.32 Å². The highest BCUT2D eigenvalue weighted by atomic mass is 19.4. The monoisotopic (exact) mass is 427 g/mol. The average Bonchev–Trinajstić information content (AvgIpc) is 3.18.